The fourth-order valence-electron chi connectivity index (χ4n) is 4.51. The first kappa shape index (κ1) is 27.9. The fourth-order valence-corrected chi connectivity index (χ4v) is 4.51. The molecule has 0 bridgehead atoms. The summed E-state index contributed by atoms with van der Waals surface area (Å²) in [7, 11) is 1.70. The first-order valence-electron chi connectivity index (χ1n) is 12.6. The summed E-state index contributed by atoms with van der Waals surface area (Å²) in [6.45, 7) is 9.98. The summed E-state index contributed by atoms with van der Waals surface area (Å²) in [4.78, 5) is 67.6. The van der Waals surface area contributed by atoms with Gasteiger partial charge in [-0.05, 0) is 33.0 Å². The molecule has 1 N–H and O–H groups in total. The van der Waals surface area contributed by atoms with Gasteiger partial charge in [0.25, 0.3) is 0 Å². The van der Waals surface area contributed by atoms with Crippen LogP contribution < -0.4 is 5.32 Å². The van der Waals surface area contributed by atoms with Gasteiger partial charge in [-0.3, -0.25) is 38.7 Å². The molecule has 0 spiro atoms. The predicted molar refractivity (Wildman–Crippen MR) is 128 cm³/mol. The molecule has 2 atom stereocenters. The summed E-state index contributed by atoms with van der Waals surface area (Å²) >= 11 is 0. The maximum atomic E-state index is 12.8. The van der Waals surface area contributed by atoms with Gasteiger partial charge in [-0.25, -0.2) is 0 Å². The second-order valence-corrected chi connectivity index (χ2v) is 9.30. The molecule has 1 unspecified atom stereocenters. The monoisotopic (exact) mass is 479 g/mol. The highest BCUT2D eigenvalue weighted by Gasteiger charge is 2.40. The van der Waals surface area contributed by atoms with E-state index in [1.807, 2.05) is 0 Å². The summed E-state index contributed by atoms with van der Waals surface area (Å²) in [5.41, 5.74) is 0. The molecule has 0 aromatic heterocycles. The molecule has 0 saturated carbocycles. The van der Waals surface area contributed by atoms with Crippen LogP contribution in [0.1, 0.15) is 59.3 Å². The van der Waals surface area contributed by atoms with Crippen molar-refractivity contribution in [3.05, 3.63) is 0 Å². The maximum Gasteiger partial charge on any atom is 0.247 e. The predicted octanol–water partition coefficient (Wildman–Crippen LogP) is 0.459. The van der Waals surface area contributed by atoms with E-state index in [0.29, 0.717) is 32.5 Å². The molecular formula is C24H41N5O5. The number of nitrogens with zero attached hydrogens (tertiary/aromatic N) is 4. The van der Waals surface area contributed by atoms with Crippen LogP contribution in [0.25, 0.3) is 0 Å². The van der Waals surface area contributed by atoms with Gasteiger partial charge in [-0.2, -0.15) is 0 Å². The Morgan fingerprint density at radius 3 is 2.00 bits per heavy atom. The average molecular weight is 480 g/mol. The Labute approximate surface area is 203 Å². The third-order valence-electron chi connectivity index (χ3n) is 6.77. The number of carbonyl (C=O) groups excluding carboxylic acids is 5. The molecule has 2 fully saturated rings. The van der Waals surface area contributed by atoms with Gasteiger partial charge >= 0.3 is 0 Å². The standard InChI is InChI=1S/C24H41N5O5/c1-5-27(6-2)14-11-25-20(30)17-26(4)19-16-22(32)29(24(19)34)13-10-8-7-9-12-28-21(31)15-18(3)23(28)33/h18-19H,5-17H2,1-4H3,(H,25,30)/t18-,19?/m1/s1. The summed E-state index contributed by atoms with van der Waals surface area (Å²) in [6.07, 6.45) is 3.42. The molecular weight excluding hydrogens is 438 g/mol. The van der Waals surface area contributed by atoms with Crippen LogP contribution in [-0.4, -0.2) is 108 Å². The van der Waals surface area contributed by atoms with Crippen LogP contribution in [0, 0.1) is 5.92 Å². The third kappa shape index (κ3) is 7.59. The number of imide groups is 2. The fraction of sp³-hybridized carbons (Fsp3) is 0.792. The lowest BCUT2D eigenvalue weighted by molar-refractivity contribution is -0.141. The number of unbranched alkanes of at least 4 members (excludes halogenated alkanes) is 3. The highest BCUT2D eigenvalue weighted by atomic mass is 16.2. The van der Waals surface area contributed by atoms with E-state index in [9.17, 15) is 24.0 Å². The van der Waals surface area contributed by atoms with E-state index in [4.69, 9.17) is 0 Å². The van der Waals surface area contributed by atoms with Crippen LogP contribution in [0.15, 0.2) is 0 Å². The molecule has 5 amide bonds. The van der Waals surface area contributed by atoms with E-state index in [1.54, 1.807) is 18.9 Å². The molecule has 2 aliphatic heterocycles. The number of amides is 5. The Hall–Kier alpha value is -2.33. The number of hydrogen-bond acceptors (Lipinski definition) is 7. The Morgan fingerprint density at radius 1 is 0.912 bits per heavy atom. The molecule has 0 aromatic carbocycles. The molecule has 2 rings (SSSR count). The number of hydrogen-bond donors (Lipinski definition) is 1. The van der Waals surface area contributed by atoms with E-state index in [2.05, 4.69) is 24.1 Å². The Balaban J connectivity index is 1.66. The van der Waals surface area contributed by atoms with Crippen molar-refractivity contribution < 1.29 is 24.0 Å². The quantitative estimate of drug-likeness (QED) is 0.268. The molecule has 0 radical (unpaired) electrons. The lowest BCUT2D eigenvalue weighted by Crippen LogP contribution is -2.45. The van der Waals surface area contributed by atoms with Crippen LogP contribution in [0.2, 0.25) is 0 Å². The zero-order chi connectivity index (χ0) is 25.3. The highest BCUT2D eigenvalue weighted by Crippen LogP contribution is 2.20. The largest absolute Gasteiger partial charge is 0.354 e. The van der Waals surface area contributed by atoms with Gasteiger partial charge in [0, 0.05) is 38.5 Å². The lowest BCUT2D eigenvalue weighted by atomic mass is 10.1. The minimum Gasteiger partial charge on any atom is -0.354 e. The number of rotatable bonds is 15. The van der Waals surface area contributed by atoms with Gasteiger partial charge < -0.3 is 10.2 Å². The number of nitrogens with one attached hydrogen (secondary N) is 1. The van der Waals surface area contributed by atoms with Crippen molar-refractivity contribution in [2.75, 3.05) is 52.9 Å². The zero-order valence-corrected chi connectivity index (χ0v) is 21.2. The number of likely N-dealkylation sites (tertiary alicyclic amines) is 2. The van der Waals surface area contributed by atoms with Crippen molar-refractivity contribution in [3.8, 4) is 0 Å². The van der Waals surface area contributed by atoms with Crippen molar-refractivity contribution in [2.24, 2.45) is 5.92 Å². The van der Waals surface area contributed by atoms with Gasteiger partial charge in [0.15, 0.2) is 0 Å². The molecule has 2 saturated heterocycles. The normalized spacial score (nSPS) is 21.0. The van der Waals surface area contributed by atoms with Crippen molar-refractivity contribution in [3.63, 3.8) is 0 Å². The molecule has 0 aliphatic carbocycles. The molecule has 34 heavy (non-hydrogen) atoms. The van der Waals surface area contributed by atoms with E-state index in [-0.39, 0.29) is 48.4 Å². The van der Waals surface area contributed by atoms with Crippen LogP contribution in [0.4, 0.5) is 0 Å². The van der Waals surface area contributed by atoms with E-state index in [0.717, 1.165) is 38.9 Å². The van der Waals surface area contributed by atoms with Gasteiger partial charge in [0.2, 0.25) is 29.5 Å². The van der Waals surface area contributed by atoms with Crippen LogP contribution >= 0.6 is 0 Å². The van der Waals surface area contributed by atoms with Crippen LogP contribution in [-0.2, 0) is 24.0 Å². The van der Waals surface area contributed by atoms with Gasteiger partial charge in [-0.15, -0.1) is 0 Å². The Bertz CT molecular complexity index is 754. The minimum atomic E-state index is -0.602. The average Bonchev–Trinajstić information content (AvgIpc) is 3.22. The SMILES string of the molecule is CCN(CC)CCNC(=O)CN(C)C1CC(=O)N(CCCCCCN2C(=O)C[C@@H](C)C2=O)C1=O. The molecule has 0 aromatic rings. The molecule has 2 heterocycles. The van der Waals surface area contributed by atoms with Crippen LogP contribution in [0.5, 0.6) is 0 Å². The van der Waals surface area contributed by atoms with Crippen molar-refractivity contribution in [1.29, 1.82) is 0 Å². The first-order valence-corrected chi connectivity index (χ1v) is 12.6. The van der Waals surface area contributed by atoms with E-state index >= 15 is 0 Å². The van der Waals surface area contributed by atoms with E-state index < -0.39 is 6.04 Å². The summed E-state index contributed by atoms with van der Waals surface area (Å²) in [6, 6.07) is -0.602. The second kappa shape index (κ2) is 13.5. The third-order valence-corrected chi connectivity index (χ3v) is 6.77. The topological polar surface area (TPSA) is 110 Å². The molecule has 10 nitrogen and oxygen atoms in total. The second-order valence-electron chi connectivity index (χ2n) is 9.30. The van der Waals surface area contributed by atoms with Crippen LogP contribution in [0.3, 0.4) is 0 Å². The van der Waals surface area contributed by atoms with Gasteiger partial charge in [0.05, 0.1) is 19.0 Å². The summed E-state index contributed by atoms with van der Waals surface area (Å²) in [5, 5.41) is 2.88. The molecule has 10 heteroatoms. The minimum absolute atomic E-state index is 0.0718. The van der Waals surface area contributed by atoms with Crippen molar-refractivity contribution in [2.45, 2.75) is 65.3 Å². The first-order chi connectivity index (χ1) is 16.2. The zero-order valence-electron chi connectivity index (χ0n) is 21.2. The molecule has 2 aliphatic rings. The van der Waals surface area contributed by atoms with E-state index in [1.165, 1.54) is 9.80 Å². The number of carbonyl (C=O) groups is 5. The van der Waals surface area contributed by atoms with Crippen molar-refractivity contribution in [1.82, 2.24) is 24.9 Å². The Kier molecular flexibility index (Phi) is 11.1. The van der Waals surface area contributed by atoms with Crippen molar-refractivity contribution >= 4 is 29.5 Å². The molecule has 192 valence electrons. The summed E-state index contributed by atoms with van der Waals surface area (Å²) < 4.78 is 0. The Morgan fingerprint density at radius 2 is 1.47 bits per heavy atom. The lowest BCUT2D eigenvalue weighted by Gasteiger charge is -2.23. The highest BCUT2D eigenvalue weighted by molar-refractivity contribution is 6.05. The smallest absolute Gasteiger partial charge is 0.247 e. The summed E-state index contributed by atoms with van der Waals surface area (Å²) in [5.74, 6) is -1.01. The maximum absolute atomic E-state index is 12.8. The van der Waals surface area contributed by atoms with Gasteiger partial charge in [-0.1, -0.05) is 33.6 Å². The number of likely N-dealkylation sites (N-methyl/N-ethyl adjacent to an activating group) is 2. The van der Waals surface area contributed by atoms with Gasteiger partial charge in [0.1, 0.15) is 0 Å².